The van der Waals surface area contributed by atoms with E-state index < -0.39 is 0 Å². The van der Waals surface area contributed by atoms with E-state index in [0.717, 1.165) is 22.9 Å². The summed E-state index contributed by atoms with van der Waals surface area (Å²) in [5.41, 5.74) is 16.7. The molecule has 662 valence electrons. The lowest BCUT2D eigenvalue weighted by Crippen LogP contribution is -2.40. The summed E-state index contributed by atoms with van der Waals surface area (Å²) in [5.74, 6) is 4.25. The summed E-state index contributed by atoms with van der Waals surface area (Å²) in [7, 11) is 0. The minimum atomic E-state index is -0.181. The fourth-order valence-electron chi connectivity index (χ4n) is 23.0. The topological polar surface area (TPSA) is 51.6 Å². The highest BCUT2D eigenvalue weighted by molar-refractivity contribution is 9.11. The van der Waals surface area contributed by atoms with Crippen molar-refractivity contribution in [1.29, 1.82) is 0 Å². The van der Waals surface area contributed by atoms with Gasteiger partial charge in [-0.2, -0.15) is 17.5 Å². The minimum Gasteiger partial charge on any atom is -0.172 e. The Morgan fingerprint density at radius 2 is 0.448 bits per heavy atom. The minimum absolute atomic E-state index is 0.181. The normalized spacial score (nSPS) is 16.7. The van der Waals surface area contributed by atoms with Crippen LogP contribution in [0.2, 0.25) is 0 Å². The summed E-state index contributed by atoms with van der Waals surface area (Å²) in [6.45, 7) is 24.1. The van der Waals surface area contributed by atoms with Crippen LogP contribution in [0.25, 0.3) is 44.3 Å². The smallest absolute Gasteiger partial charge is 0.119 e. The van der Waals surface area contributed by atoms with Gasteiger partial charge >= 0.3 is 0 Å². The van der Waals surface area contributed by atoms with Crippen molar-refractivity contribution in [3.63, 3.8) is 0 Å². The Kier molecular flexibility index (Phi) is 53.8. The Morgan fingerprint density at radius 1 is 0.233 bits per heavy atom. The van der Waals surface area contributed by atoms with E-state index in [-0.39, 0.29) is 10.8 Å². The third-order valence-electron chi connectivity index (χ3n) is 29.7. The van der Waals surface area contributed by atoms with Crippen molar-refractivity contribution in [3.05, 3.63) is 55.5 Å². The monoisotopic (exact) mass is 1760 g/mol. The predicted molar refractivity (Wildman–Crippen MR) is 526 cm³/mol. The molecule has 0 bridgehead atoms. The molecule has 2 aliphatic carbocycles. The quantitative estimate of drug-likeness (QED) is 0.0364. The molecule has 0 saturated carbocycles. The predicted octanol–water partition coefficient (Wildman–Crippen LogP) is 39.7. The van der Waals surface area contributed by atoms with E-state index in [9.17, 15) is 0 Å². The van der Waals surface area contributed by atoms with Gasteiger partial charge in [-0.1, -0.05) is 506 Å². The van der Waals surface area contributed by atoms with E-state index in [4.69, 9.17) is 17.5 Å². The third kappa shape index (κ3) is 32.0. The van der Waals surface area contributed by atoms with Gasteiger partial charge in [0.1, 0.15) is 22.1 Å². The molecule has 0 N–H and O–H groups in total. The Bertz CT molecular complexity index is 3060. The molecular formula is C108H184Br2N4S2. The summed E-state index contributed by atoms with van der Waals surface area (Å²) in [6, 6.07) is 11.4. The molecule has 0 amide bonds. The van der Waals surface area contributed by atoms with Crippen LogP contribution in [-0.2, 0) is 10.8 Å². The van der Waals surface area contributed by atoms with Gasteiger partial charge in [-0.3, -0.25) is 0 Å². The standard InChI is InChI=1S/C108H184Br2N4S2/c1-11-21-31-37-39-49-55-65-79-93(89(75-29-19-9)77-63-35-25-15-5)107(81-67-57-51-45-41-43-47-53-61-73-87(69-27-17-7)71-59-33-23-13-3)95-83-92-96(84-91(95)101-97(107)85-99(109)103-105(101)113-115-111-103)108(98-86-100(110)104-106(102(92)98)114-116-112-104,82-68-58-52-46-42-44-48-54-62-74-88(70-28-18-8)72-60-34-24-14-4)94(80-66-56-50-40-38-32-22-12-2)90(76-30-20-10)78-64-36-26-16-6/h83-90,93-94H,11-82H2,1-10H3. The SMILES string of the molecule is CCCCCCCCCCC(C(CCCC)CCCCCC)C1(CCCCCCCCCCCC(CCCC)CCCCCC)c2cc3c(cc2-c2c1cc(Br)c1nsnc21)C(CCCCCCCCCCCC(CCCC)CCCCCC)(C(CCCCCCCCCC)C(CCCC)CCCCCC)c1cc(Br)c2nsnc2c1-3. The van der Waals surface area contributed by atoms with Crippen molar-refractivity contribution < 1.29 is 0 Å². The van der Waals surface area contributed by atoms with Crippen LogP contribution in [-0.4, -0.2) is 17.5 Å². The van der Waals surface area contributed by atoms with E-state index in [1.54, 1.807) is 33.4 Å². The lowest BCUT2D eigenvalue weighted by atomic mass is 9.57. The zero-order chi connectivity index (χ0) is 82.5. The molecule has 2 heterocycles. The second-order valence-electron chi connectivity index (χ2n) is 38.8. The van der Waals surface area contributed by atoms with Crippen molar-refractivity contribution in [2.24, 2.45) is 35.5 Å². The molecule has 2 aromatic heterocycles. The molecule has 8 unspecified atom stereocenters. The van der Waals surface area contributed by atoms with Crippen LogP contribution in [0.1, 0.15) is 554 Å². The molecule has 0 spiro atoms. The van der Waals surface area contributed by atoms with E-state index in [1.807, 2.05) is 0 Å². The van der Waals surface area contributed by atoms with Crippen LogP contribution in [0.4, 0.5) is 0 Å². The van der Waals surface area contributed by atoms with Crippen molar-refractivity contribution in [3.8, 4) is 22.3 Å². The summed E-state index contributed by atoms with van der Waals surface area (Å²) in [5, 5.41) is 0. The van der Waals surface area contributed by atoms with Gasteiger partial charge in [-0.05, 0) is 151 Å². The molecule has 0 fully saturated rings. The number of benzene rings is 3. The lowest BCUT2D eigenvalue weighted by molar-refractivity contribution is 0.160. The maximum Gasteiger partial charge on any atom is 0.119 e. The molecule has 3 aromatic carbocycles. The van der Waals surface area contributed by atoms with Gasteiger partial charge in [-0.25, -0.2) is 0 Å². The fraction of sp³-hybridized carbons (Fsp3) is 0.833. The zero-order valence-electron chi connectivity index (χ0n) is 78.0. The summed E-state index contributed by atoms with van der Waals surface area (Å²) < 4.78 is 24.1. The summed E-state index contributed by atoms with van der Waals surface area (Å²) in [6.07, 6.45) is 98.6. The molecule has 4 nitrogen and oxygen atoms in total. The first-order valence-electron chi connectivity index (χ1n) is 52.2. The Hall–Kier alpha value is -1.74. The highest BCUT2D eigenvalue weighted by atomic mass is 79.9. The van der Waals surface area contributed by atoms with Gasteiger partial charge in [0, 0.05) is 30.9 Å². The van der Waals surface area contributed by atoms with Gasteiger partial charge < -0.3 is 0 Å². The van der Waals surface area contributed by atoms with E-state index in [2.05, 4.69) is 125 Å². The largest absolute Gasteiger partial charge is 0.172 e. The van der Waals surface area contributed by atoms with Crippen molar-refractivity contribution in [2.75, 3.05) is 0 Å². The van der Waals surface area contributed by atoms with Gasteiger partial charge in [0.2, 0.25) is 0 Å². The van der Waals surface area contributed by atoms with Crippen LogP contribution in [0, 0.1) is 35.5 Å². The molecule has 2 aliphatic rings. The van der Waals surface area contributed by atoms with Crippen molar-refractivity contribution in [2.45, 2.75) is 542 Å². The number of fused-ring (bicyclic) bond motifs is 10. The number of halogens is 2. The Morgan fingerprint density at radius 3 is 0.741 bits per heavy atom. The lowest BCUT2D eigenvalue weighted by Gasteiger charge is -2.46. The first-order valence-corrected chi connectivity index (χ1v) is 55.3. The fourth-order valence-corrected chi connectivity index (χ4v) is 25.4. The van der Waals surface area contributed by atoms with Crippen LogP contribution < -0.4 is 0 Å². The molecule has 0 saturated heterocycles. The summed E-state index contributed by atoms with van der Waals surface area (Å²) >= 11 is 11.7. The number of hydrogen-bond acceptors (Lipinski definition) is 6. The van der Waals surface area contributed by atoms with Crippen LogP contribution in [0.5, 0.6) is 0 Å². The molecule has 8 heteroatoms. The molecule has 7 rings (SSSR count). The molecule has 8 atom stereocenters. The highest BCUT2D eigenvalue weighted by Crippen LogP contribution is 2.67. The van der Waals surface area contributed by atoms with Gasteiger partial charge in [-0.15, -0.1) is 0 Å². The maximum absolute atomic E-state index is 5.61. The third-order valence-corrected chi connectivity index (χ3v) is 32.0. The van der Waals surface area contributed by atoms with E-state index in [0.29, 0.717) is 23.7 Å². The zero-order valence-corrected chi connectivity index (χ0v) is 82.9. The number of nitrogens with zero attached hydrogens (tertiary/aromatic N) is 4. The average Bonchev–Trinajstić information content (AvgIpc) is 1.51. The first-order chi connectivity index (χ1) is 57.1. The molecule has 0 radical (unpaired) electrons. The molecule has 5 aromatic rings. The molecular weight excluding hydrogens is 1580 g/mol. The molecule has 116 heavy (non-hydrogen) atoms. The van der Waals surface area contributed by atoms with Crippen molar-refractivity contribution >= 4 is 77.4 Å². The Balaban J connectivity index is 1.38. The number of unbranched alkanes of at least 4 members (excludes halogenated alkanes) is 46. The van der Waals surface area contributed by atoms with Gasteiger partial charge in [0.15, 0.2) is 0 Å². The van der Waals surface area contributed by atoms with Crippen molar-refractivity contribution in [1.82, 2.24) is 17.5 Å². The van der Waals surface area contributed by atoms with Gasteiger partial charge in [0.25, 0.3) is 0 Å². The van der Waals surface area contributed by atoms with Crippen LogP contribution in [0.3, 0.4) is 0 Å². The first kappa shape index (κ1) is 101. The van der Waals surface area contributed by atoms with Crippen LogP contribution in [0.15, 0.2) is 33.2 Å². The van der Waals surface area contributed by atoms with E-state index in [1.165, 1.54) is 517 Å². The average molecular weight is 1760 g/mol. The second kappa shape index (κ2) is 61.6. The van der Waals surface area contributed by atoms with E-state index >= 15 is 0 Å². The van der Waals surface area contributed by atoms with Gasteiger partial charge in [0.05, 0.1) is 23.5 Å². The molecule has 0 aliphatic heterocycles. The second-order valence-corrected chi connectivity index (χ2v) is 41.5. The number of rotatable bonds is 78. The van der Waals surface area contributed by atoms with Crippen LogP contribution >= 0.6 is 55.3 Å². The highest BCUT2D eigenvalue weighted by Gasteiger charge is 2.56. The summed E-state index contributed by atoms with van der Waals surface area (Å²) in [4.78, 5) is 0. The maximum atomic E-state index is 5.61. The number of aromatic nitrogens is 4. The number of hydrogen-bond donors (Lipinski definition) is 0. The Labute approximate surface area is 744 Å².